The monoisotopic (exact) mass is 365 g/mol. The summed E-state index contributed by atoms with van der Waals surface area (Å²) < 4.78 is 0. The maximum absolute atomic E-state index is 12.5. The fraction of sp³-hybridized carbons (Fsp3) is 0.348. The van der Waals surface area contributed by atoms with E-state index in [1.165, 1.54) is 11.1 Å². The summed E-state index contributed by atoms with van der Waals surface area (Å²) in [7, 11) is 0. The highest BCUT2D eigenvalue weighted by atomic mass is 35.5. The first-order chi connectivity index (χ1) is 12.4. The molecule has 1 N–H and O–H groups in total. The van der Waals surface area contributed by atoms with Gasteiger partial charge in [0.1, 0.15) is 0 Å². The largest absolute Gasteiger partial charge is 0.355 e. The van der Waals surface area contributed by atoms with E-state index in [9.17, 15) is 4.79 Å². The zero-order chi connectivity index (χ0) is 18.5. The van der Waals surface area contributed by atoms with E-state index in [0.717, 1.165) is 16.1 Å². The van der Waals surface area contributed by atoms with Gasteiger partial charge in [-0.1, -0.05) is 65.7 Å². The van der Waals surface area contributed by atoms with Crippen LogP contribution >= 0.6 is 11.6 Å². The number of hydrogen-bond acceptors (Lipinski definition) is 1. The lowest BCUT2D eigenvalue weighted by molar-refractivity contribution is -0.126. The van der Waals surface area contributed by atoms with Gasteiger partial charge >= 0.3 is 0 Å². The second-order valence-corrected chi connectivity index (χ2v) is 8.35. The third kappa shape index (κ3) is 2.68. The van der Waals surface area contributed by atoms with Gasteiger partial charge in [0.25, 0.3) is 0 Å². The van der Waals surface area contributed by atoms with Crippen LogP contribution in [0.3, 0.4) is 0 Å². The fourth-order valence-corrected chi connectivity index (χ4v) is 4.94. The number of allylic oxidation sites excluding steroid dienone is 1. The Labute approximate surface area is 160 Å². The third-order valence-corrected chi connectivity index (χ3v) is 6.52. The minimum atomic E-state index is -0.455. The van der Waals surface area contributed by atoms with Crippen LogP contribution in [0.4, 0.5) is 0 Å². The molecule has 0 radical (unpaired) electrons. The van der Waals surface area contributed by atoms with Gasteiger partial charge in [0.05, 0.1) is 5.41 Å². The van der Waals surface area contributed by atoms with Crippen LogP contribution in [-0.4, -0.2) is 12.5 Å². The van der Waals surface area contributed by atoms with Crippen molar-refractivity contribution in [2.75, 3.05) is 6.54 Å². The summed E-state index contributed by atoms with van der Waals surface area (Å²) in [5, 5.41) is 3.89. The Morgan fingerprint density at radius 3 is 2.46 bits per heavy atom. The molecule has 0 aromatic heterocycles. The van der Waals surface area contributed by atoms with Gasteiger partial charge in [0, 0.05) is 29.3 Å². The number of amides is 1. The second kappa shape index (κ2) is 6.28. The van der Waals surface area contributed by atoms with Gasteiger partial charge in [-0.25, -0.2) is 0 Å². The maximum Gasteiger partial charge on any atom is 0.230 e. The Kier molecular flexibility index (Phi) is 4.19. The van der Waals surface area contributed by atoms with Crippen LogP contribution < -0.4 is 5.32 Å². The SMILES string of the molecule is Cc1ccc([C@H]2[C@H](c3ccc(C)cc3Cl)C=C[C@@]3(C)C(=O)NC[C@@H]23)cc1. The van der Waals surface area contributed by atoms with E-state index < -0.39 is 5.41 Å². The molecular weight excluding hydrogens is 342 g/mol. The summed E-state index contributed by atoms with van der Waals surface area (Å²) in [6, 6.07) is 15.0. The lowest BCUT2D eigenvalue weighted by Crippen LogP contribution is -2.37. The average Bonchev–Trinajstić information content (AvgIpc) is 2.91. The standard InChI is InChI=1S/C23H24ClNO/c1-14-4-7-16(8-5-14)21-18(17-9-6-15(2)12-20(17)24)10-11-23(3)19(21)13-25-22(23)26/h4-12,18-19,21H,13H2,1-3H3,(H,25,26)/t18-,19-,21-,23+/m0/s1. The lowest BCUT2D eigenvalue weighted by atomic mass is 9.61. The van der Waals surface area contributed by atoms with E-state index in [4.69, 9.17) is 11.6 Å². The van der Waals surface area contributed by atoms with E-state index >= 15 is 0 Å². The molecule has 4 atom stereocenters. The molecule has 0 saturated carbocycles. The summed E-state index contributed by atoms with van der Waals surface area (Å²) in [4.78, 5) is 12.5. The quantitative estimate of drug-likeness (QED) is 0.733. The van der Waals surface area contributed by atoms with Crippen LogP contribution in [0, 0.1) is 25.2 Å². The summed E-state index contributed by atoms with van der Waals surface area (Å²) in [6.07, 6.45) is 4.30. The van der Waals surface area contributed by atoms with Crippen molar-refractivity contribution in [1.29, 1.82) is 0 Å². The molecule has 1 aliphatic carbocycles. The van der Waals surface area contributed by atoms with Gasteiger partial charge in [0.2, 0.25) is 5.91 Å². The molecule has 26 heavy (non-hydrogen) atoms. The van der Waals surface area contributed by atoms with Gasteiger partial charge in [0.15, 0.2) is 0 Å². The summed E-state index contributed by atoms with van der Waals surface area (Å²) >= 11 is 6.63. The van der Waals surface area contributed by atoms with Gasteiger partial charge < -0.3 is 5.32 Å². The number of benzene rings is 2. The first-order valence-corrected chi connectivity index (χ1v) is 9.58. The van der Waals surface area contributed by atoms with Crippen molar-refractivity contribution < 1.29 is 4.79 Å². The molecule has 2 aromatic rings. The maximum atomic E-state index is 12.5. The molecule has 2 aromatic carbocycles. The van der Waals surface area contributed by atoms with Crippen LogP contribution in [-0.2, 0) is 4.79 Å². The third-order valence-electron chi connectivity index (χ3n) is 6.19. The first kappa shape index (κ1) is 17.4. The molecule has 3 heteroatoms. The van der Waals surface area contributed by atoms with Crippen LogP contribution in [0.1, 0.15) is 41.0 Å². The molecule has 4 rings (SSSR count). The number of rotatable bonds is 2. The first-order valence-electron chi connectivity index (χ1n) is 9.20. The van der Waals surface area contributed by atoms with E-state index in [2.05, 4.69) is 74.6 Å². The summed E-state index contributed by atoms with van der Waals surface area (Å²) in [5.41, 5.74) is 4.36. The topological polar surface area (TPSA) is 29.1 Å². The minimum absolute atomic E-state index is 0.129. The fourth-order valence-electron chi connectivity index (χ4n) is 4.57. The molecule has 2 nitrogen and oxygen atoms in total. The summed E-state index contributed by atoms with van der Waals surface area (Å²) in [6.45, 7) is 6.92. The Morgan fingerprint density at radius 1 is 1.08 bits per heavy atom. The van der Waals surface area contributed by atoms with E-state index in [1.54, 1.807) is 0 Å². The molecule has 1 heterocycles. The van der Waals surface area contributed by atoms with Crippen molar-refractivity contribution >= 4 is 17.5 Å². The average molecular weight is 366 g/mol. The van der Waals surface area contributed by atoms with Crippen LogP contribution in [0.15, 0.2) is 54.6 Å². The van der Waals surface area contributed by atoms with Gasteiger partial charge in [-0.15, -0.1) is 0 Å². The second-order valence-electron chi connectivity index (χ2n) is 7.95. The molecular formula is C23H24ClNO. The normalized spacial score (nSPS) is 30.2. The molecule has 2 aliphatic rings. The van der Waals surface area contributed by atoms with Gasteiger partial charge in [-0.3, -0.25) is 4.79 Å². The molecule has 1 fully saturated rings. The van der Waals surface area contributed by atoms with Gasteiger partial charge in [-0.2, -0.15) is 0 Å². The Morgan fingerprint density at radius 2 is 1.77 bits per heavy atom. The van der Waals surface area contributed by atoms with E-state index in [1.807, 2.05) is 6.07 Å². The predicted octanol–water partition coefficient (Wildman–Crippen LogP) is 5.15. The number of nitrogens with one attached hydrogen (secondary N) is 1. The molecule has 0 unspecified atom stereocenters. The Bertz CT molecular complexity index is 886. The van der Waals surface area contributed by atoms with Crippen molar-refractivity contribution in [3.63, 3.8) is 0 Å². The Balaban J connectivity index is 1.87. The molecule has 1 aliphatic heterocycles. The number of carbonyl (C=O) groups is 1. The van der Waals surface area contributed by atoms with E-state index in [-0.39, 0.29) is 23.7 Å². The van der Waals surface area contributed by atoms with E-state index in [0.29, 0.717) is 6.54 Å². The number of hydrogen-bond donors (Lipinski definition) is 1. The Hall–Kier alpha value is -2.06. The highest BCUT2D eigenvalue weighted by molar-refractivity contribution is 6.31. The van der Waals surface area contributed by atoms with Crippen molar-refractivity contribution in [3.8, 4) is 0 Å². The molecule has 1 saturated heterocycles. The van der Waals surface area contributed by atoms with Crippen molar-refractivity contribution in [2.45, 2.75) is 32.6 Å². The number of aryl methyl sites for hydroxylation is 2. The van der Waals surface area contributed by atoms with Crippen molar-refractivity contribution in [3.05, 3.63) is 81.9 Å². The predicted molar refractivity (Wildman–Crippen MR) is 107 cm³/mol. The number of fused-ring (bicyclic) bond motifs is 1. The molecule has 134 valence electrons. The lowest BCUT2D eigenvalue weighted by Gasteiger charge is -2.41. The van der Waals surface area contributed by atoms with Gasteiger partial charge in [-0.05, 0) is 43.5 Å². The summed E-state index contributed by atoms with van der Waals surface area (Å²) in [5.74, 6) is 0.718. The molecule has 1 amide bonds. The molecule has 0 bridgehead atoms. The smallest absolute Gasteiger partial charge is 0.230 e. The zero-order valence-electron chi connectivity index (χ0n) is 15.4. The van der Waals surface area contributed by atoms with Crippen molar-refractivity contribution in [1.82, 2.24) is 5.32 Å². The zero-order valence-corrected chi connectivity index (χ0v) is 16.2. The number of carbonyl (C=O) groups excluding carboxylic acids is 1. The number of halogens is 1. The minimum Gasteiger partial charge on any atom is -0.355 e. The highest BCUT2D eigenvalue weighted by Gasteiger charge is 2.52. The van der Waals surface area contributed by atoms with Crippen LogP contribution in [0.25, 0.3) is 0 Å². The van der Waals surface area contributed by atoms with Crippen LogP contribution in [0.5, 0.6) is 0 Å². The van der Waals surface area contributed by atoms with Crippen molar-refractivity contribution in [2.24, 2.45) is 11.3 Å². The molecule has 0 spiro atoms. The van der Waals surface area contributed by atoms with Crippen LogP contribution in [0.2, 0.25) is 5.02 Å². The highest BCUT2D eigenvalue weighted by Crippen LogP contribution is 2.54.